The van der Waals surface area contributed by atoms with E-state index in [0.29, 0.717) is 11.5 Å². The zero-order chi connectivity index (χ0) is 15.2. The van der Waals surface area contributed by atoms with E-state index in [4.69, 9.17) is 5.73 Å². The van der Waals surface area contributed by atoms with Gasteiger partial charge >= 0.3 is 0 Å². The number of halogens is 1. The molecule has 0 saturated heterocycles. The summed E-state index contributed by atoms with van der Waals surface area (Å²) in [6.07, 6.45) is 2.51. The summed E-state index contributed by atoms with van der Waals surface area (Å²) in [5.74, 6) is 0.513. The highest BCUT2D eigenvalue weighted by molar-refractivity contribution is 5.96. The third-order valence-corrected chi connectivity index (χ3v) is 3.71. The van der Waals surface area contributed by atoms with Gasteiger partial charge in [0.2, 0.25) is 5.91 Å². The van der Waals surface area contributed by atoms with Gasteiger partial charge in [-0.15, -0.1) is 12.4 Å². The van der Waals surface area contributed by atoms with E-state index in [2.05, 4.69) is 24.1 Å². The monoisotopic (exact) mass is 319 g/mol. The van der Waals surface area contributed by atoms with Gasteiger partial charge in [0.05, 0.1) is 17.8 Å². The van der Waals surface area contributed by atoms with E-state index in [-0.39, 0.29) is 30.2 Å². The van der Waals surface area contributed by atoms with Crippen LogP contribution in [0.5, 0.6) is 0 Å². The van der Waals surface area contributed by atoms with E-state index in [1.54, 1.807) is 18.3 Å². The molecule has 2 rings (SSSR count). The maximum atomic E-state index is 12.6. The average Bonchev–Trinajstić information content (AvgIpc) is 2.50. The van der Waals surface area contributed by atoms with Gasteiger partial charge in [0, 0.05) is 0 Å². The number of nitrogens with one attached hydrogen (secondary N) is 1. The predicted molar refractivity (Wildman–Crippen MR) is 93.2 cm³/mol. The van der Waals surface area contributed by atoms with E-state index < -0.39 is 0 Å². The van der Waals surface area contributed by atoms with Gasteiger partial charge in [-0.05, 0) is 23.6 Å². The second-order valence-corrected chi connectivity index (χ2v) is 5.23. The normalized spacial score (nSPS) is 12.8. The van der Waals surface area contributed by atoms with Gasteiger partial charge in [-0.2, -0.15) is 0 Å². The molecule has 0 bridgehead atoms. The number of amides is 1. The van der Waals surface area contributed by atoms with E-state index in [0.717, 1.165) is 12.0 Å². The summed E-state index contributed by atoms with van der Waals surface area (Å²) in [4.78, 5) is 16.6. The Morgan fingerprint density at radius 1 is 1.23 bits per heavy atom. The Morgan fingerprint density at radius 3 is 2.45 bits per heavy atom. The largest absolute Gasteiger partial charge is 0.384 e. The predicted octanol–water partition coefficient (Wildman–Crippen LogP) is 3.85. The van der Waals surface area contributed by atoms with Crippen LogP contribution in [0.4, 0.5) is 11.5 Å². The Labute approximate surface area is 137 Å². The van der Waals surface area contributed by atoms with Crippen LogP contribution in [0.3, 0.4) is 0 Å². The van der Waals surface area contributed by atoms with E-state index in [1.807, 2.05) is 30.3 Å². The molecular weight excluding hydrogens is 298 g/mol. The van der Waals surface area contributed by atoms with Gasteiger partial charge in [-0.25, -0.2) is 4.98 Å². The third-order valence-electron chi connectivity index (χ3n) is 3.71. The molecule has 0 aliphatic rings. The molecule has 0 spiro atoms. The van der Waals surface area contributed by atoms with Gasteiger partial charge in [-0.3, -0.25) is 4.79 Å². The number of pyridine rings is 1. The fourth-order valence-electron chi connectivity index (χ4n) is 2.33. The molecule has 0 aliphatic heterocycles. The van der Waals surface area contributed by atoms with Crippen molar-refractivity contribution in [2.45, 2.75) is 26.2 Å². The zero-order valence-electron chi connectivity index (χ0n) is 12.8. The Kier molecular flexibility index (Phi) is 6.86. The van der Waals surface area contributed by atoms with Crippen LogP contribution in [-0.2, 0) is 4.79 Å². The summed E-state index contributed by atoms with van der Waals surface area (Å²) in [6, 6.07) is 13.3. The maximum Gasteiger partial charge on any atom is 0.232 e. The van der Waals surface area contributed by atoms with Crippen molar-refractivity contribution in [3.05, 3.63) is 54.2 Å². The van der Waals surface area contributed by atoms with Crippen molar-refractivity contribution in [2.75, 3.05) is 11.1 Å². The minimum atomic E-state index is -0.172. The van der Waals surface area contributed by atoms with Gasteiger partial charge in [0.1, 0.15) is 5.82 Å². The van der Waals surface area contributed by atoms with E-state index in [9.17, 15) is 4.79 Å². The lowest BCUT2D eigenvalue weighted by Gasteiger charge is -2.22. The van der Waals surface area contributed by atoms with Crippen LogP contribution >= 0.6 is 12.4 Å². The van der Waals surface area contributed by atoms with Crippen molar-refractivity contribution in [3.8, 4) is 0 Å². The fourth-order valence-corrected chi connectivity index (χ4v) is 2.33. The minimum Gasteiger partial charge on any atom is -0.384 e. The molecule has 22 heavy (non-hydrogen) atoms. The minimum absolute atomic E-state index is 0. The summed E-state index contributed by atoms with van der Waals surface area (Å²) < 4.78 is 0. The molecular formula is C17H22ClN3O. The molecule has 2 atom stereocenters. The number of aromatic nitrogens is 1. The molecule has 1 aromatic heterocycles. The van der Waals surface area contributed by atoms with Crippen molar-refractivity contribution in [3.63, 3.8) is 0 Å². The summed E-state index contributed by atoms with van der Waals surface area (Å²) in [5.41, 5.74) is 7.25. The van der Waals surface area contributed by atoms with Crippen LogP contribution in [-0.4, -0.2) is 10.9 Å². The van der Waals surface area contributed by atoms with Crippen molar-refractivity contribution in [2.24, 2.45) is 5.92 Å². The lowest BCUT2D eigenvalue weighted by molar-refractivity contribution is -0.118. The van der Waals surface area contributed by atoms with Gasteiger partial charge in [0.25, 0.3) is 0 Å². The summed E-state index contributed by atoms with van der Waals surface area (Å²) in [5, 5.41) is 2.93. The highest BCUT2D eigenvalue weighted by Gasteiger charge is 2.25. The van der Waals surface area contributed by atoms with E-state index >= 15 is 0 Å². The van der Waals surface area contributed by atoms with Gasteiger partial charge in [0.15, 0.2) is 0 Å². The first kappa shape index (κ1) is 18.0. The third kappa shape index (κ3) is 4.46. The highest BCUT2D eigenvalue weighted by Crippen LogP contribution is 2.28. The molecule has 5 heteroatoms. The smallest absolute Gasteiger partial charge is 0.232 e. The Morgan fingerprint density at radius 2 is 1.91 bits per heavy atom. The number of anilines is 2. The van der Waals surface area contributed by atoms with Crippen molar-refractivity contribution in [1.82, 2.24) is 4.98 Å². The van der Waals surface area contributed by atoms with Crippen molar-refractivity contribution >= 4 is 29.8 Å². The zero-order valence-corrected chi connectivity index (χ0v) is 13.6. The molecule has 2 aromatic rings. The lowest BCUT2D eigenvalue weighted by Crippen LogP contribution is -2.26. The molecule has 1 heterocycles. The van der Waals surface area contributed by atoms with Crippen molar-refractivity contribution in [1.29, 1.82) is 0 Å². The van der Waals surface area contributed by atoms with Crippen LogP contribution in [0.25, 0.3) is 0 Å². The number of hydrogen-bond acceptors (Lipinski definition) is 3. The first-order valence-electron chi connectivity index (χ1n) is 7.19. The molecule has 0 aliphatic carbocycles. The molecule has 0 radical (unpaired) electrons. The molecule has 0 saturated carbocycles. The Hall–Kier alpha value is -2.07. The molecule has 0 fully saturated rings. The first-order valence-corrected chi connectivity index (χ1v) is 7.19. The highest BCUT2D eigenvalue weighted by atomic mass is 35.5. The SMILES string of the molecule is CCC(C)C(C(=O)Nc1ccc(N)nc1)c1ccccc1.Cl. The molecule has 1 aromatic carbocycles. The molecule has 118 valence electrons. The second kappa shape index (κ2) is 8.39. The molecule has 1 amide bonds. The number of carbonyl (C=O) groups is 1. The average molecular weight is 320 g/mol. The topological polar surface area (TPSA) is 68.0 Å². The fraction of sp³-hybridized carbons (Fsp3) is 0.294. The standard InChI is InChI=1S/C17H21N3O.ClH/c1-3-12(2)16(13-7-5-4-6-8-13)17(21)20-14-9-10-15(18)19-11-14;/h4-12,16H,3H2,1-2H3,(H2,18,19)(H,20,21);1H. The number of nitrogens with two attached hydrogens (primary N) is 1. The number of nitrogens with zero attached hydrogens (tertiary/aromatic N) is 1. The van der Waals surface area contributed by atoms with Crippen molar-refractivity contribution < 1.29 is 4.79 Å². The van der Waals surface area contributed by atoms with Gasteiger partial charge < -0.3 is 11.1 Å². The number of carbonyl (C=O) groups excluding carboxylic acids is 1. The maximum absolute atomic E-state index is 12.6. The van der Waals surface area contributed by atoms with E-state index in [1.165, 1.54) is 0 Å². The van der Waals surface area contributed by atoms with Gasteiger partial charge in [-0.1, -0.05) is 50.6 Å². The van der Waals surface area contributed by atoms with Crippen LogP contribution in [0.15, 0.2) is 48.7 Å². The number of nitrogen functional groups attached to an aromatic ring is 1. The quantitative estimate of drug-likeness (QED) is 0.879. The summed E-state index contributed by atoms with van der Waals surface area (Å²) in [6.45, 7) is 4.19. The van der Waals surface area contributed by atoms with Crippen LogP contribution in [0.1, 0.15) is 31.7 Å². The van der Waals surface area contributed by atoms with Crippen LogP contribution in [0, 0.1) is 5.92 Å². The second-order valence-electron chi connectivity index (χ2n) is 5.23. The number of benzene rings is 1. The number of hydrogen-bond donors (Lipinski definition) is 2. The van der Waals surface area contributed by atoms with Crippen LogP contribution < -0.4 is 11.1 Å². The lowest BCUT2D eigenvalue weighted by atomic mass is 9.85. The van der Waals surface area contributed by atoms with Crippen LogP contribution in [0.2, 0.25) is 0 Å². The molecule has 4 nitrogen and oxygen atoms in total. The number of rotatable bonds is 5. The first-order chi connectivity index (χ1) is 10.1. The Balaban J connectivity index is 0.00000242. The Bertz CT molecular complexity index is 587. The summed E-state index contributed by atoms with van der Waals surface area (Å²) >= 11 is 0. The molecule has 3 N–H and O–H groups in total. The summed E-state index contributed by atoms with van der Waals surface area (Å²) in [7, 11) is 0. The molecule has 2 unspecified atom stereocenters.